The van der Waals surface area contributed by atoms with Crippen molar-refractivity contribution in [2.24, 2.45) is 5.73 Å². The zero-order valence-electron chi connectivity index (χ0n) is 10.1. The maximum atomic E-state index is 11.3. The molecule has 0 atom stereocenters. The van der Waals surface area contributed by atoms with Crippen LogP contribution in [0.3, 0.4) is 0 Å². The molecule has 0 unspecified atom stereocenters. The van der Waals surface area contributed by atoms with Crippen molar-refractivity contribution >= 4 is 38.9 Å². The van der Waals surface area contributed by atoms with Gasteiger partial charge in [-0.1, -0.05) is 0 Å². The summed E-state index contributed by atoms with van der Waals surface area (Å²) in [6, 6.07) is 6.02. The molecule has 4 nitrogen and oxygen atoms in total. The lowest BCUT2D eigenvalue weighted by Gasteiger charge is -2.17. The number of fused-ring (bicyclic) bond motifs is 1. The highest BCUT2D eigenvalue weighted by Crippen LogP contribution is 2.34. The van der Waals surface area contributed by atoms with Crippen molar-refractivity contribution in [1.82, 2.24) is 4.98 Å². The van der Waals surface area contributed by atoms with E-state index in [0.717, 1.165) is 37.7 Å². The number of hydrogen-bond acceptors (Lipinski definition) is 4. The van der Waals surface area contributed by atoms with Crippen molar-refractivity contribution < 1.29 is 4.79 Å². The smallest absolute Gasteiger partial charge is 0.224 e. The van der Waals surface area contributed by atoms with Crippen LogP contribution < -0.4 is 11.1 Å². The number of rotatable bonds is 2. The molecular weight excluding hydrogens is 326 g/mol. The van der Waals surface area contributed by atoms with Crippen LogP contribution in [0.2, 0.25) is 0 Å². The van der Waals surface area contributed by atoms with Crippen molar-refractivity contribution in [2.45, 2.75) is 19.4 Å². The maximum Gasteiger partial charge on any atom is 0.224 e. The molecule has 6 heteroatoms. The van der Waals surface area contributed by atoms with Gasteiger partial charge in [-0.05, 0) is 46.1 Å². The number of anilines is 1. The van der Waals surface area contributed by atoms with Gasteiger partial charge < -0.3 is 11.1 Å². The van der Waals surface area contributed by atoms with E-state index in [1.54, 1.807) is 11.3 Å². The second-order valence-electron chi connectivity index (χ2n) is 4.36. The van der Waals surface area contributed by atoms with E-state index < -0.39 is 0 Å². The van der Waals surface area contributed by atoms with Crippen LogP contribution in [0.1, 0.15) is 17.7 Å². The molecule has 2 heterocycles. The van der Waals surface area contributed by atoms with Gasteiger partial charge in [0.1, 0.15) is 5.01 Å². The number of aryl methyl sites for hydroxylation is 1. The minimum Gasteiger partial charge on any atom is -0.326 e. The third kappa shape index (κ3) is 2.43. The number of nitrogens with one attached hydrogen (secondary N) is 1. The lowest BCUT2D eigenvalue weighted by molar-refractivity contribution is -0.116. The first kappa shape index (κ1) is 12.8. The molecule has 3 rings (SSSR count). The summed E-state index contributed by atoms with van der Waals surface area (Å²) in [5.41, 5.74) is 9.66. The summed E-state index contributed by atoms with van der Waals surface area (Å²) >= 11 is 5.06. The zero-order chi connectivity index (χ0) is 13.4. The normalized spacial score (nSPS) is 14.1. The highest BCUT2D eigenvalue weighted by Gasteiger charge is 2.16. The van der Waals surface area contributed by atoms with Crippen molar-refractivity contribution in [3.05, 3.63) is 33.2 Å². The first-order chi connectivity index (χ1) is 9.17. The molecule has 0 radical (unpaired) electrons. The molecule has 0 spiro atoms. The van der Waals surface area contributed by atoms with Crippen LogP contribution in [0, 0.1) is 0 Å². The number of amides is 1. The standard InChI is InChI=1S/C13H12BrN3OS/c14-12-10(6-15)17-13(19-12)8-1-3-9-7(5-8)2-4-11(18)16-9/h1,3,5H,2,4,6,15H2,(H,16,18). The maximum absolute atomic E-state index is 11.3. The van der Waals surface area contributed by atoms with Gasteiger partial charge in [-0.2, -0.15) is 0 Å². The summed E-state index contributed by atoms with van der Waals surface area (Å²) in [5.74, 6) is 0.0858. The van der Waals surface area contributed by atoms with Crippen molar-refractivity contribution in [1.29, 1.82) is 0 Å². The topological polar surface area (TPSA) is 68.0 Å². The lowest BCUT2D eigenvalue weighted by Crippen LogP contribution is -2.18. The Labute approximate surface area is 123 Å². The highest BCUT2D eigenvalue weighted by molar-refractivity contribution is 9.11. The molecule has 1 aliphatic rings. The number of benzene rings is 1. The van der Waals surface area contributed by atoms with Crippen LogP contribution in [0.25, 0.3) is 10.6 Å². The first-order valence-electron chi connectivity index (χ1n) is 5.96. The van der Waals surface area contributed by atoms with Crippen molar-refractivity contribution in [3.8, 4) is 10.6 Å². The molecule has 1 aromatic heterocycles. The SMILES string of the molecule is NCc1nc(-c2ccc3c(c2)CCC(=O)N3)sc1Br. The monoisotopic (exact) mass is 337 g/mol. The Morgan fingerprint density at radius 2 is 2.26 bits per heavy atom. The van der Waals surface area contributed by atoms with Crippen molar-refractivity contribution in [3.63, 3.8) is 0 Å². The zero-order valence-corrected chi connectivity index (χ0v) is 12.5. The first-order valence-corrected chi connectivity index (χ1v) is 7.57. The third-order valence-corrected chi connectivity index (χ3v) is 4.97. The van der Waals surface area contributed by atoms with Gasteiger partial charge in [0.25, 0.3) is 0 Å². The molecule has 0 aliphatic carbocycles. The molecule has 0 saturated carbocycles. The molecule has 0 fully saturated rings. The van der Waals surface area contributed by atoms with Gasteiger partial charge in [0, 0.05) is 24.2 Å². The summed E-state index contributed by atoms with van der Waals surface area (Å²) in [6.07, 6.45) is 1.33. The summed E-state index contributed by atoms with van der Waals surface area (Å²) < 4.78 is 0.982. The van der Waals surface area contributed by atoms with Gasteiger partial charge >= 0.3 is 0 Å². The minimum absolute atomic E-state index is 0.0858. The van der Waals surface area contributed by atoms with Gasteiger partial charge in [-0.25, -0.2) is 4.98 Å². The van der Waals surface area contributed by atoms with E-state index in [2.05, 4.69) is 32.3 Å². The summed E-state index contributed by atoms with van der Waals surface area (Å²) in [5, 5.41) is 3.83. The number of carbonyl (C=O) groups is 1. The van der Waals surface area contributed by atoms with Crippen LogP contribution in [-0.2, 0) is 17.8 Å². The van der Waals surface area contributed by atoms with Gasteiger partial charge in [0.15, 0.2) is 0 Å². The fourth-order valence-corrected chi connectivity index (χ4v) is 3.63. The number of aromatic nitrogens is 1. The predicted molar refractivity (Wildman–Crippen MR) is 80.1 cm³/mol. The third-order valence-electron chi connectivity index (χ3n) is 3.09. The number of carbonyl (C=O) groups excluding carboxylic acids is 1. The number of thiazole rings is 1. The van der Waals surface area contributed by atoms with Gasteiger partial charge in [-0.3, -0.25) is 4.79 Å². The average molecular weight is 338 g/mol. The van der Waals surface area contributed by atoms with Crippen LogP contribution in [0.15, 0.2) is 22.0 Å². The molecule has 0 saturated heterocycles. The number of hydrogen-bond donors (Lipinski definition) is 2. The summed E-state index contributed by atoms with van der Waals surface area (Å²) in [4.78, 5) is 15.8. The number of nitrogens with two attached hydrogens (primary N) is 1. The molecular formula is C13H12BrN3OS. The molecule has 1 aromatic carbocycles. The Kier molecular flexibility index (Phi) is 3.38. The van der Waals surface area contributed by atoms with E-state index in [-0.39, 0.29) is 5.91 Å². The quantitative estimate of drug-likeness (QED) is 0.885. The Balaban J connectivity index is 1.99. The Hall–Kier alpha value is -1.24. The summed E-state index contributed by atoms with van der Waals surface area (Å²) in [6.45, 7) is 0.429. The molecule has 0 bridgehead atoms. The molecule has 3 N–H and O–H groups in total. The van der Waals surface area contributed by atoms with E-state index >= 15 is 0 Å². The van der Waals surface area contributed by atoms with Crippen LogP contribution in [0.5, 0.6) is 0 Å². The van der Waals surface area contributed by atoms with Gasteiger partial charge in [-0.15, -0.1) is 11.3 Å². The Morgan fingerprint density at radius 3 is 3.00 bits per heavy atom. The Morgan fingerprint density at radius 1 is 1.42 bits per heavy atom. The van der Waals surface area contributed by atoms with Crippen LogP contribution >= 0.6 is 27.3 Å². The van der Waals surface area contributed by atoms with Crippen LogP contribution in [-0.4, -0.2) is 10.9 Å². The largest absolute Gasteiger partial charge is 0.326 e. The second kappa shape index (κ2) is 5.03. The van der Waals surface area contributed by atoms with E-state index in [4.69, 9.17) is 5.73 Å². The molecule has 1 amide bonds. The molecule has 19 heavy (non-hydrogen) atoms. The van der Waals surface area contributed by atoms with Crippen LogP contribution in [0.4, 0.5) is 5.69 Å². The van der Waals surface area contributed by atoms with E-state index in [9.17, 15) is 4.79 Å². The minimum atomic E-state index is 0.0858. The van der Waals surface area contributed by atoms with Crippen molar-refractivity contribution in [2.75, 3.05) is 5.32 Å². The van der Waals surface area contributed by atoms with E-state index in [0.29, 0.717) is 13.0 Å². The number of halogens is 1. The van der Waals surface area contributed by atoms with Gasteiger partial charge in [0.2, 0.25) is 5.91 Å². The predicted octanol–water partition coefficient (Wildman–Crippen LogP) is 2.92. The Bertz CT molecular complexity index is 653. The van der Waals surface area contributed by atoms with Gasteiger partial charge in [0.05, 0.1) is 9.48 Å². The fraction of sp³-hybridized carbons (Fsp3) is 0.231. The number of nitrogens with zero attached hydrogens (tertiary/aromatic N) is 1. The molecule has 2 aromatic rings. The highest BCUT2D eigenvalue weighted by atomic mass is 79.9. The fourth-order valence-electron chi connectivity index (χ4n) is 2.10. The average Bonchev–Trinajstić information content (AvgIpc) is 2.79. The second-order valence-corrected chi connectivity index (χ2v) is 6.68. The molecule has 1 aliphatic heterocycles. The van der Waals surface area contributed by atoms with E-state index in [1.165, 1.54) is 0 Å². The lowest BCUT2D eigenvalue weighted by atomic mass is 10.0. The summed E-state index contributed by atoms with van der Waals surface area (Å²) in [7, 11) is 0. The molecule has 98 valence electrons. The van der Waals surface area contributed by atoms with E-state index in [1.807, 2.05) is 12.1 Å².